The van der Waals surface area contributed by atoms with Crippen LogP contribution in [0.5, 0.6) is 0 Å². The Morgan fingerprint density at radius 2 is 1.55 bits per heavy atom. The van der Waals surface area contributed by atoms with E-state index in [2.05, 4.69) is 9.98 Å². The number of aromatic amines is 1. The Hall–Kier alpha value is -4.78. The average molecular weight is 504 g/mol. The van der Waals surface area contributed by atoms with Gasteiger partial charge in [0.15, 0.2) is 0 Å². The summed E-state index contributed by atoms with van der Waals surface area (Å²) in [5.74, 6) is -0.757. The summed E-state index contributed by atoms with van der Waals surface area (Å²) in [4.78, 5) is 36.5. The van der Waals surface area contributed by atoms with Gasteiger partial charge >= 0.3 is 12.1 Å². The molecule has 0 saturated heterocycles. The third-order valence-electron chi connectivity index (χ3n) is 7.26. The van der Waals surface area contributed by atoms with Gasteiger partial charge in [-0.25, -0.2) is 9.79 Å². The number of ether oxygens (including phenoxy) is 1. The van der Waals surface area contributed by atoms with Gasteiger partial charge in [0.25, 0.3) is 0 Å². The number of aliphatic imine (C=N–C) groups is 2. The van der Waals surface area contributed by atoms with Crippen LogP contribution in [0.25, 0.3) is 11.1 Å². The number of carboxylic acids is 1. The normalized spacial score (nSPS) is 17.0. The molecule has 1 saturated carbocycles. The zero-order valence-electron chi connectivity index (χ0n) is 20.7. The van der Waals surface area contributed by atoms with E-state index in [0.29, 0.717) is 30.0 Å². The quantitative estimate of drug-likeness (QED) is 0.309. The monoisotopic (exact) mass is 503 g/mol. The number of carbonyl (C=O) groups excluding carboxylic acids is 1. The lowest BCUT2D eigenvalue weighted by atomic mass is 9.93. The number of hydrogen-bond donors (Lipinski definition) is 2. The average Bonchev–Trinajstić information content (AvgIpc) is 3.52. The number of rotatable bonds is 6. The molecule has 1 unspecified atom stereocenters. The van der Waals surface area contributed by atoms with Crippen molar-refractivity contribution in [1.29, 1.82) is 0 Å². The third kappa shape index (κ3) is 4.22. The number of carbonyl (C=O) groups is 2. The number of hydrogen-bond acceptors (Lipinski definition) is 4. The van der Waals surface area contributed by atoms with Gasteiger partial charge in [0.2, 0.25) is 0 Å². The van der Waals surface area contributed by atoms with Gasteiger partial charge in [-0.05, 0) is 48.1 Å². The van der Waals surface area contributed by atoms with Crippen LogP contribution < -0.4 is 0 Å². The second-order valence-corrected chi connectivity index (χ2v) is 9.64. The highest BCUT2D eigenvalue weighted by Gasteiger charge is 2.51. The van der Waals surface area contributed by atoms with Crippen molar-refractivity contribution in [3.8, 4) is 11.1 Å². The second kappa shape index (κ2) is 9.27. The summed E-state index contributed by atoms with van der Waals surface area (Å²) in [5, 5.41) is 9.55. The van der Waals surface area contributed by atoms with Crippen LogP contribution in [0.1, 0.15) is 48.3 Å². The van der Waals surface area contributed by atoms with Gasteiger partial charge < -0.3 is 14.8 Å². The Labute approximate surface area is 219 Å². The molecule has 0 radical (unpaired) electrons. The molecular weight excluding hydrogens is 478 g/mol. The van der Waals surface area contributed by atoms with Gasteiger partial charge in [0.1, 0.15) is 11.8 Å². The summed E-state index contributed by atoms with van der Waals surface area (Å²) in [7, 11) is 0. The van der Waals surface area contributed by atoms with Crippen LogP contribution >= 0.6 is 0 Å². The summed E-state index contributed by atoms with van der Waals surface area (Å²) in [6.45, 7) is 1.81. The predicted octanol–water partition coefficient (Wildman–Crippen LogP) is 6.62. The highest BCUT2D eigenvalue weighted by atomic mass is 16.6. The molecule has 2 aliphatic rings. The first-order valence-corrected chi connectivity index (χ1v) is 12.5. The summed E-state index contributed by atoms with van der Waals surface area (Å²) in [5.41, 5.74) is 6.26. The minimum absolute atomic E-state index is 0.436. The molecular formula is C31H25N3O4. The number of amides is 1. The highest BCUT2D eigenvalue weighted by Crippen LogP contribution is 2.48. The standard InChI is InChI=1S/C31H25N3O4/c1-19(20-5-3-2-4-6-20)38-30(37)34-28-26(33-25-15-18-32-27(25)28)23-9-7-21(8-10-23)22-11-13-24(14-12-22)31(16-17-31)29(35)36/h2-15,18-19,32H,16-17H2,1H3,(H,35,36)/b34-28-. The van der Waals surface area contributed by atoms with Crippen LogP contribution in [-0.4, -0.2) is 33.6 Å². The summed E-state index contributed by atoms with van der Waals surface area (Å²) >= 11 is 0. The molecule has 4 aromatic rings. The van der Waals surface area contributed by atoms with Crippen LogP contribution in [0.2, 0.25) is 0 Å². The fourth-order valence-corrected chi connectivity index (χ4v) is 4.86. The Morgan fingerprint density at radius 3 is 2.18 bits per heavy atom. The number of H-pyrrole nitrogens is 1. The molecule has 1 fully saturated rings. The van der Waals surface area contributed by atoms with Gasteiger partial charge in [-0.2, -0.15) is 4.99 Å². The molecule has 1 amide bonds. The van der Waals surface area contributed by atoms with E-state index in [9.17, 15) is 14.7 Å². The lowest BCUT2D eigenvalue weighted by Gasteiger charge is -2.12. The van der Waals surface area contributed by atoms with E-state index in [-0.39, 0.29) is 0 Å². The topological polar surface area (TPSA) is 104 Å². The molecule has 3 aromatic carbocycles. The number of fused-ring (bicyclic) bond motifs is 1. The van der Waals surface area contributed by atoms with E-state index >= 15 is 0 Å². The number of nitrogens with one attached hydrogen (secondary N) is 1. The molecule has 1 atom stereocenters. The number of aromatic nitrogens is 1. The van der Waals surface area contributed by atoms with Crippen molar-refractivity contribution in [2.45, 2.75) is 31.3 Å². The molecule has 0 spiro atoms. The third-order valence-corrected chi connectivity index (χ3v) is 7.26. The van der Waals surface area contributed by atoms with Gasteiger partial charge in [-0.1, -0.05) is 78.9 Å². The first-order valence-electron chi connectivity index (χ1n) is 12.5. The molecule has 2 heterocycles. The Balaban J connectivity index is 1.23. The maximum atomic E-state index is 12.8. The van der Waals surface area contributed by atoms with E-state index in [1.807, 2.05) is 91.9 Å². The van der Waals surface area contributed by atoms with E-state index in [1.54, 1.807) is 6.20 Å². The van der Waals surface area contributed by atoms with Crippen molar-refractivity contribution >= 4 is 29.2 Å². The zero-order chi connectivity index (χ0) is 26.3. The molecule has 2 N–H and O–H groups in total. The van der Waals surface area contributed by atoms with Crippen molar-refractivity contribution < 1.29 is 19.4 Å². The molecule has 7 nitrogen and oxygen atoms in total. The molecule has 1 aliphatic carbocycles. The Kier molecular flexibility index (Phi) is 5.76. The summed E-state index contributed by atoms with van der Waals surface area (Å²) < 4.78 is 5.57. The van der Waals surface area contributed by atoms with Crippen LogP contribution in [0.4, 0.5) is 10.5 Å². The van der Waals surface area contributed by atoms with E-state index in [4.69, 9.17) is 9.73 Å². The molecule has 0 bridgehead atoms. The van der Waals surface area contributed by atoms with Crippen molar-refractivity contribution in [2.75, 3.05) is 0 Å². The minimum atomic E-state index is -0.757. The predicted molar refractivity (Wildman–Crippen MR) is 145 cm³/mol. The van der Waals surface area contributed by atoms with Gasteiger partial charge in [0, 0.05) is 11.8 Å². The molecule has 188 valence electrons. The van der Waals surface area contributed by atoms with Gasteiger partial charge in [0.05, 0.1) is 22.5 Å². The van der Waals surface area contributed by atoms with Crippen LogP contribution in [0.3, 0.4) is 0 Å². The number of carboxylic acid groups (broad SMARTS) is 1. The van der Waals surface area contributed by atoms with Crippen molar-refractivity contribution in [3.63, 3.8) is 0 Å². The fraction of sp³-hybridized carbons (Fsp3) is 0.161. The van der Waals surface area contributed by atoms with Gasteiger partial charge in [-0.15, -0.1) is 0 Å². The van der Waals surface area contributed by atoms with Crippen molar-refractivity contribution in [1.82, 2.24) is 4.98 Å². The molecule has 6 rings (SSSR count). The SMILES string of the molecule is CC(OC(=O)/N=C1/C(c2ccc(-c3ccc(C4(C(=O)O)CC4)cc3)cc2)=Nc2cc[nH]c21)c1ccccc1. The molecule has 38 heavy (non-hydrogen) atoms. The first-order chi connectivity index (χ1) is 18.4. The lowest BCUT2D eigenvalue weighted by Crippen LogP contribution is -2.19. The van der Waals surface area contributed by atoms with Crippen LogP contribution in [-0.2, 0) is 14.9 Å². The highest BCUT2D eigenvalue weighted by molar-refractivity contribution is 6.57. The second-order valence-electron chi connectivity index (χ2n) is 9.64. The summed E-state index contributed by atoms with van der Waals surface area (Å²) in [6.07, 6.45) is 2.01. The smallest absolute Gasteiger partial charge is 0.434 e. The number of nitrogens with zero attached hydrogens (tertiary/aromatic N) is 2. The first kappa shape index (κ1) is 23.6. The van der Waals surface area contributed by atoms with E-state index < -0.39 is 23.6 Å². The molecule has 1 aromatic heterocycles. The summed E-state index contributed by atoms with van der Waals surface area (Å²) in [6, 6.07) is 27.0. The Bertz CT molecular complexity index is 1580. The lowest BCUT2D eigenvalue weighted by molar-refractivity contribution is -0.140. The van der Waals surface area contributed by atoms with Crippen LogP contribution in [0, 0.1) is 0 Å². The van der Waals surface area contributed by atoms with Crippen LogP contribution in [0.15, 0.2) is 101 Å². The van der Waals surface area contributed by atoms with Crippen molar-refractivity contribution in [3.05, 3.63) is 114 Å². The zero-order valence-corrected chi connectivity index (χ0v) is 20.7. The number of benzene rings is 3. The minimum Gasteiger partial charge on any atom is -0.481 e. The van der Waals surface area contributed by atoms with Crippen molar-refractivity contribution in [2.24, 2.45) is 9.98 Å². The Morgan fingerprint density at radius 1 is 0.921 bits per heavy atom. The number of aliphatic carboxylic acids is 1. The van der Waals surface area contributed by atoms with E-state index in [0.717, 1.165) is 33.5 Å². The van der Waals surface area contributed by atoms with E-state index in [1.165, 1.54) is 0 Å². The molecule has 1 aliphatic heterocycles. The maximum Gasteiger partial charge on any atom is 0.434 e. The fourth-order valence-electron chi connectivity index (χ4n) is 4.86. The maximum absolute atomic E-state index is 12.8. The largest absolute Gasteiger partial charge is 0.481 e. The molecule has 7 heteroatoms. The van der Waals surface area contributed by atoms with Gasteiger partial charge in [-0.3, -0.25) is 4.79 Å².